The van der Waals surface area contributed by atoms with Crippen LogP contribution in [0.1, 0.15) is 35.6 Å². The Bertz CT molecular complexity index is 979. The van der Waals surface area contributed by atoms with Gasteiger partial charge < -0.3 is 19.9 Å². The molecule has 0 aliphatic carbocycles. The third-order valence-electron chi connectivity index (χ3n) is 4.83. The molecule has 0 unspecified atom stereocenters. The van der Waals surface area contributed by atoms with Crippen molar-refractivity contribution in [1.29, 1.82) is 0 Å². The number of aliphatic hydroxyl groups is 1. The number of aliphatic hydroxyl groups excluding tert-OH is 1. The number of amides is 1. The van der Waals surface area contributed by atoms with Crippen LogP contribution in [0.3, 0.4) is 0 Å². The molecule has 0 saturated carbocycles. The lowest BCUT2D eigenvalue weighted by Gasteiger charge is -2.25. The minimum atomic E-state index is -1.26. The highest BCUT2D eigenvalue weighted by Crippen LogP contribution is 2.39. The fourth-order valence-corrected chi connectivity index (χ4v) is 3.36. The Balaban J connectivity index is 2.08. The average Bonchev–Trinajstić information content (AvgIpc) is 2.93. The van der Waals surface area contributed by atoms with E-state index in [0.29, 0.717) is 11.1 Å². The standard InChI is InChI=1S/C22H20FNO5/c1-13-4-6-15(7-5-13)20(27)18-19(14-8-10-16(23)11-9-14)24(22(29)21(18)28)12-2-3-17(25)26/h4-11,19,27H,2-3,12H2,1H3,(H,25,26)/p-1/b20-18+/t19-/m0/s1. The van der Waals surface area contributed by atoms with E-state index < -0.39 is 29.5 Å². The number of rotatable bonds is 6. The molecule has 1 heterocycles. The first-order chi connectivity index (χ1) is 13.8. The third kappa shape index (κ3) is 4.18. The quantitative estimate of drug-likeness (QED) is 0.458. The van der Waals surface area contributed by atoms with E-state index in [9.17, 15) is 29.0 Å². The molecule has 1 saturated heterocycles. The summed E-state index contributed by atoms with van der Waals surface area (Å²) in [5.41, 5.74) is 1.65. The number of likely N-dealkylation sites (tertiary alicyclic amines) is 1. The summed E-state index contributed by atoms with van der Waals surface area (Å²) in [6.45, 7) is 1.85. The fraction of sp³-hybridized carbons (Fsp3) is 0.227. The van der Waals surface area contributed by atoms with Gasteiger partial charge in [0.1, 0.15) is 11.6 Å². The second kappa shape index (κ2) is 8.26. The molecule has 7 heteroatoms. The summed E-state index contributed by atoms with van der Waals surface area (Å²) in [6.07, 6.45) is -0.200. The highest BCUT2D eigenvalue weighted by atomic mass is 19.1. The highest BCUT2D eigenvalue weighted by molar-refractivity contribution is 6.46. The van der Waals surface area contributed by atoms with Gasteiger partial charge in [0.15, 0.2) is 0 Å². The second-order valence-electron chi connectivity index (χ2n) is 6.89. The van der Waals surface area contributed by atoms with Crippen LogP contribution in [0.2, 0.25) is 0 Å². The summed E-state index contributed by atoms with van der Waals surface area (Å²) in [7, 11) is 0. The summed E-state index contributed by atoms with van der Waals surface area (Å²) < 4.78 is 13.4. The molecular formula is C22H19FNO5-. The molecule has 0 bridgehead atoms. The van der Waals surface area contributed by atoms with Gasteiger partial charge in [-0.05, 0) is 37.5 Å². The van der Waals surface area contributed by atoms with E-state index in [4.69, 9.17) is 0 Å². The lowest BCUT2D eigenvalue weighted by Crippen LogP contribution is -2.32. The number of nitrogens with zero attached hydrogens (tertiary/aromatic N) is 1. The largest absolute Gasteiger partial charge is 0.550 e. The number of benzene rings is 2. The first-order valence-electron chi connectivity index (χ1n) is 9.10. The molecule has 1 aliphatic heterocycles. The highest BCUT2D eigenvalue weighted by Gasteiger charge is 2.45. The maximum atomic E-state index is 13.4. The fourth-order valence-electron chi connectivity index (χ4n) is 3.36. The Morgan fingerprint density at radius 2 is 1.72 bits per heavy atom. The number of carbonyl (C=O) groups is 3. The van der Waals surface area contributed by atoms with Crippen LogP contribution in [0.25, 0.3) is 5.76 Å². The van der Waals surface area contributed by atoms with Gasteiger partial charge in [0, 0.05) is 18.1 Å². The molecule has 1 atom stereocenters. The van der Waals surface area contributed by atoms with Gasteiger partial charge in [-0.25, -0.2) is 4.39 Å². The molecule has 2 aromatic carbocycles. The first-order valence-corrected chi connectivity index (χ1v) is 9.10. The number of Topliss-reactive ketones (excluding diaryl/α,β-unsaturated/α-hetero) is 1. The van der Waals surface area contributed by atoms with Crippen molar-refractivity contribution in [3.05, 3.63) is 76.6 Å². The monoisotopic (exact) mass is 396 g/mol. The van der Waals surface area contributed by atoms with Crippen LogP contribution in [0, 0.1) is 12.7 Å². The van der Waals surface area contributed by atoms with Crippen molar-refractivity contribution in [3.63, 3.8) is 0 Å². The SMILES string of the molecule is Cc1ccc(/C(O)=C2\C(=O)C(=O)N(CCCC(=O)[O-])[C@H]2c2ccc(F)cc2)cc1. The van der Waals surface area contributed by atoms with Gasteiger partial charge in [-0.3, -0.25) is 9.59 Å². The number of carboxylic acid groups (broad SMARTS) is 1. The van der Waals surface area contributed by atoms with Crippen LogP contribution in [-0.4, -0.2) is 34.2 Å². The zero-order chi connectivity index (χ0) is 21.1. The van der Waals surface area contributed by atoms with Crippen molar-refractivity contribution in [2.75, 3.05) is 6.54 Å². The predicted octanol–water partition coefficient (Wildman–Crippen LogP) is 2.09. The first kappa shape index (κ1) is 20.3. The number of aliphatic carboxylic acids is 1. The molecule has 0 spiro atoms. The number of carbonyl (C=O) groups excluding carboxylic acids is 3. The van der Waals surface area contributed by atoms with E-state index in [2.05, 4.69) is 0 Å². The van der Waals surface area contributed by atoms with Gasteiger partial charge >= 0.3 is 0 Å². The molecule has 1 amide bonds. The van der Waals surface area contributed by atoms with E-state index in [1.54, 1.807) is 24.3 Å². The Kier molecular flexibility index (Phi) is 5.77. The second-order valence-corrected chi connectivity index (χ2v) is 6.89. The van der Waals surface area contributed by atoms with Crippen LogP contribution >= 0.6 is 0 Å². The van der Waals surface area contributed by atoms with Crippen LogP contribution in [0.4, 0.5) is 4.39 Å². The third-order valence-corrected chi connectivity index (χ3v) is 4.83. The van der Waals surface area contributed by atoms with Gasteiger partial charge in [-0.15, -0.1) is 0 Å². The Labute approximate surface area is 166 Å². The van der Waals surface area contributed by atoms with Crippen molar-refractivity contribution in [2.24, 2.45) is 0 Å². The van der Waals surface area contributed by atoms with Crippen molar-refractivity contribution >= 4 is 23.4 Å². The number of ketones is 1. The molecule has 0 radical (unpaired) electrons. The topological polar surface area (TPSA) is 97.7 Å². The molecule has 1 fully saturated rings. The molecule has 3 rings (SSSR count). The van der Waals surface area contributed by atoms with Gasteiger partial charge in [0.25, 0.3) is 11.7 Å². The van der Waals surface area contributed by atoms with Crippen molar-refractivity contribution < 1.29 is 29.0 Å². The summed E-state index contributed by atoms with van der Waals surface area (Å²) in [4.78, 5) is 37.3. The molecule has 29 heavy (non-hydrogen) atoms. The number of hydrogen-bond donors (Lipinski definition) is 1. The molecule has 1 aliphatic rings. The predicted molar refractivity (Wildman–Crippen MR) is 101 cm³/mol. The molecule has 6 nitrogen and oxygen atoms in total. The van der Waals surface area contributed by atoms with Gasteiger partial charge in [0.2, 0.25) is 0 Å². The van der Waals surface area contributed by atoms with Crippen molar-refractivity contribution in [1.82, 2.24) is 4.90 Å². The van der Waals surface area contributed by atoms with E-state index in [1.165, 1.54) is 29.2 Å². The molecule has 2 aromatic rings. The van der Waals surface area contributed by atoms with Gasteiger partial charge in [0.05, 0.1) is 11.6 Å². The van der Waals surface area contributed by atoms with E-state index in [-0.39, 0.29) is 30.7 Å². The van der Waals surface area contributed by atoms with Crippen molar-refractivity contribution in [2.45, 2.75) is 25.8 Å². The summed E-state index contributed by atoms with van der Waals surface area (Å²) in [5.74, 6) is -3.79. The van der Waals surface area contributed by atoms with E-state index in [1.807, 2.05) is 6.92 Å². The Morgan fingerprint density at radius 3 is 2.31 bits per heavy atom. The van der Waals surface area contributed by atoms with E-state index >= 15 is 0 Å². The van der Waals surface area contributed by atoms with Crippen molar-refractivity contribution in [3.8, 4) is 0 Å². The summed E-state index contributed by atoms with van der Waals surface area (Å²) in [6, 6.07) is 11.1. The minimum Gasteiger partial charge on any atom is -0.550 e. The zero-order valence-electron chi connectivity index (χ0n) is 15.7. The smallest absolute Gasteiger partial charge is 0.295 e. The normalized spacial score (nSPS) is 18.3. The van der Waals surface area contributed by atoms with Crippen LogP contribution in [0.15, 0.2) is 54.1 Å². The molecular weight excluding hydrogens is 377 g/mol. The average molecular weight is 396 g/mol. The van der Waals surface area contributed by atoms with Crippen LogP contribution < -0.4 is 5.11 Å². The minimum absolute atomic E-state index is 0.0225. The van der Waals surface area contributed by atoms with Gasteiger partial charge in [-0.2, -0.15) is 0 Å². The van der Waals surface area contributed by atoms with E-state index in [0.717, 1.165) is 5.56 Å². The van der Waals surface area contributed by atoms with Crippen LogP contribution in [0.5, 0.6) is 0 Å². The summed E-state index contributed by atoms with van der Waals surface area (Å²) >= 11 is 0. The lowest BCUT2D eigenvalue weighted by atomic mass is 9.95. The maximum absolute atomic E-state index is 13.4. The zero-order valence-corrected chi connectivity index (χ0v) is 15.7. The molecule has 0 aromatic heterocycles. The number of halogens is 1. The Morgan fingerprint density at radius 1 is 1.10 bits per heavy atom. The lowest BCUT2D eigenvalue weighted by molar-refractivity contribution is -0.305. The van der Waals surface area contributed by atoms with Gasteiger partial charge in [-0.1, -0.05) is 42.0 Å². The number of hydrogen-bond acceptors (Lipinski definition) is 5. The molecule has 150 valence electrons. The molecule has 1 N–H and O–H groups in total. The maximum Gasteiger partial charge on any atom is 0.295 e. The number of aryl methyl sites for hydroxylation is 1. The summed E-state index contributed by atoms with van der Waals surface area (Å²) in [5, 5.41) is 21.5. The number of carboxylic acids is 1. The Hall–Kier alpha value is -3.48. The van der Waals surface area contributed by atoms with Crippen LogP contribution in [-0.2, 0) is 14.4 Å².